The molecule has 2 heterocycles. The minimum absolute atomic E-state index is 0.378. The highest BCUT2D eigenvalue weighted by atomic mass is 35.5. The van der Waals surface area contributed by atoms with Crippen molar-refractivity contribution in [3.63, 3.8) is 0 Å². The van der Waals surface area contributed by atoms with Crippen molar-refractivity contribution in [2.45, 2.75) is 18.9 Å². The Balaban J connectivity index is 2.22. The smallest absolute Gasteiger partial charge is 0.169 e. The summed E-state index contributed by atoms with van der Waals surface area (Å²) >= 11 is 5.98. The standard InChI is InChI=1S/C11H11ClN4O/c1-15(8-2-3-8)10-4-9(12)14-11-7(6-17)5-13-16(10)11/h4-6,8H,2-3H2,1H3. The van der Waals surface area contributed by atoms with E-state index < -0.39 is 0 Å². The van der Waals surface area contributed by atoms with Crippen LogP contribution in [0.3, 0.4) is 0 Å². The average molecular weight is 251 g/mol. The molecule has 0 radical (unpaired) electrons. The molecule has 0 N–H and O–H groups in total. The maximum atomic E-state index is 10.9. The molecule has 0 saturated heterocycles. The van der Waals surface area contributed by atoms with E-state index in [2.05, 4.69) is 15.0 Å². The lowest BCUT2D eigenvalue weighted by Crippen LogP contribution is -2.22. The van der Waals surface area contributed by atoms with Crippen LogP contribution in [0.2, 0.25) is 5.15 Å². The monoisotopic (exact) mass is 250 g/mol. The second-order valence-corrected chi connectivity index (χ2v) is 4.62. The molecule has 5 nitrogen and oxygen atoms in total. The van der Waals surface area contributed by atoms with Crippen LogP contribution in [0.1, 0.15) is 23.2 Å². The number of carbonyl (C=O) groups excluding carboxylic acids is 1. The fourth-order valence-corrected chi connectivity index (χ4v) is 2.10. The summed E-state index contributed by atoms with van der Waals surface area (Å²) in [5.74, 6) is 0.871. The Morgan fingerprint density at radius 1 is 1.59 bits per heavy atom. The predicted molar refractivity (Wildman–Crippen MR) is 64.8 cm³/mol. The number of rotatable bonds is 3. The molecule has 6 heteroatoms. The molecule has 0 aromatic carbocycles. The van der Waals surface area contributed by atoms with Crippen molar-refractivity contribution in [1.82, 2.24) is 14.6 Å². The normalized spacial score (nSPS) is 15.2. The van der Waals surface area contributed by atoms with Crippen molar-refractivity contribution >= 4 is 29.4 Å². The summed E-state index contributed by atoms with van der Waals surface area (Å²) in [5.41, 5.74) is 0.966. The van der Waals surface area contributed by atoms with E-state index in [1.54, 1.807) is 10.6 Å². The highest BCUT2D eigenvalue weighted by Crippen LogP contribution is 2.31. The Hall–Kier alpha value is -1.62. The maximum absolute atomic E-state index is 10.9. The number of anilines is 1. The van der Waals surface area contributed by atoms with Crippen molar-refractivity contribution < 1.29 is 4.79 Å². The number of halogens is 1. The van der Waals surface area contributed by atoms with Gasteiger partial charge in [-0.25, -0.2) is 4.98 Å². The molecule has 1 fully saturated rings. The second kappa shape index (κ2) is 3.70. The molecule has 88 valence electrons. The lowest BCUT2D eigenvalue weighted by Gasteiger charge is -2.19. The second-order valence-electron chi connectivity index (χ2n) is 4.23. The fourth-order valence-electron chi connectivity index (χ4n) is 1.92. The Labute approximate surface area is 103 Å². The molecular weight excluding hydrogens is 240 g/mol. The molecule has 3 rings (SSSR count). The average Bonchev–Trinajstić information content (AvgIpc) is 3.08. The molecule has 0 aliphatic heterocycles. The van der Waals surface area contributed by atoms with Crippen molar-refractivity contribution in [2.24, 2.45) is 0 Å². The van der Waals surface area contributed by atoms with Gasteiger partial charge in [0.2, 0.25) is 0 Å². The van der Waals surface area contributed by atoms with Gasteiger partial charge in [0.1, 0.15) is 11.0 Å². The summed E-state index contributed by atoms with van der Waals surface area (Å²) < 4.78 is 1.66. The third-order valence-corrected chi connectivity index (χ3v) is 3.23. The van der Waals surface area contributed by atoms with Crippen molar-refractivity contribution in [2.75, 3.05) is 11.9 Å². The lowest BCUT2D eigenvalue weighted by atomic mass is 10.4. The predicted octanol–water partition coefficient (Wildman–Crippen LogP) is 1.79. The summed E-state index contributed by atoms with van der Waals surface area (Å²) in [6.07, 6.45) is 4.61. The largest absolute Gasteiger partial charge is 0.356 e. The summed E-state index contributed by atoms with van der Waals surface area (Å²) in [6, 6.07) is 2.31. The van der Waals surface area contributed by atoms with E-state index >= 15 is 0 Å². The van der Waals surface area contributed by atoms with Gasteiger partial charge in [0.05, 0.1) is 11.8 Å². The number of nitrogens with zero attached hydrogens (tertiary/aromatic N) is 4. The van der Waals surface area contributed by atoms with Gasteiger partial charge in [-0.15, -0.1) is 0 Å². The van der Waals surface area contributed by atoms with Crippen molar-refractivity contribution in [3.8, 4) is 0 Å². The molecule has 2 aromatic rings. The Morgan fingerprint density at radius 3 is 3.00 bits per heavy atom. The van der Waals surface area contributed by atoms with Gasteiger partial charge in [-0.2, -0.15) is 9.61 Å². The molecule has 0 spiro atoms. The first-order valence-corrected chi connectivity index (χ1v) is 5.81. The number of aromatic nitrogens is 3. The van der Waals surface area contributed by atoms with Gasteiger partial charge in [0, 0.05) is 19.2 Å². The third kappa shape index (κ3) is 1.67. The molecule has 0 amide bonds. The quantitative estimate of drug-likeness (QED) is 0.616. The van der Waals surface area contributed by atoms with Gasteiger partial charge >= 0.3 is 0 Å². The first-order valence-electron chi connectivity index (χ1n) is 5.43. The zero-order valence-corrected chi connectivity index (χ0v) is 10.1. The summed E-state index contributed by atoms with van der Waals surface area (Å²) in [6.45, 7) is 0. The van der Waals surface area contributed by atoms with E-state index in [-0.39, 0.29) is 0 Å². The van der Waals surface area contributed by atoms with Crippen LogP contribution in [0.5, 0.6) is 0 Å². The number of fused-ring (bicyclic) bond motifs is 1. The summed E-state index contributed by atoms with van der Waals surface area (Å²) in [7, 11) is 2.00. The van der Waals surface area contributed by atoms with Gasteiger partial charge in [0.25, 0.3) is 0 Å². The minimum Gasteiger partial charge on any atom is -0.356 e. The first-order chi connectivity index (χ1) is 8.20. The van der Waals surface area contributed by atoms with E-state index in [0.29, 0.717) is 22.4 Å². The molecule has 0 unspecified atom stereocenters. The van der Waals surface area contributed by atoms with E-state index in [9.17, 15) is 4.79 Å². The molecule has 1 saturated carbocycles. The zero-order chi connectivity index (χ0) is 12.0. The molecular formula is C11H11ClN4O. The molecule has 1 aliphatic carbocycles. The number of carbonyl (C=O) groups is 1. The Kier molecular flexibility index (Phi) is 2.29. The van der Waals surface area contributed by atoms with Gasteiger partial charge in [-0.3, -0.25) is 4.79 Å². The van der Waals surface area contributed by atoms with Crippen LogP contribution in [0.25, 0.3) is 5.65 Å². The highest BCUT2D eigenvalue weighted by molar-refractivity contribution is 6.29. The van der Waals surface area contributed by atoms with Crippen LogP contribution in [0.4, 0.5) is 5.82 Å². The molecule has 17 heavy (non-hydrogen) atoms. The minimum atomic E-state index is 0.378. The van der Waals surface area contributed by atoms with Crippen LogP contribution in [-0.2, 0) is 0 Å². The van der Waals surface area contributed by atoms with Crippen LogP contribution in [0, 0.1) is 0 Å². The zero-order valence-electron chi connectivity index (χ0n) is 9.30. The van der Waals surface area contributed by atoms with Crippen molar-refractivity contribution in [3.05, 3.63) is 23.0 Å². The van der Waals surface area contributed by atoms with Gasteiger partial charge in [-0.05, 0) is 12.8 Å². The number of hydrogen-bond acceptors (Lipinski definition) is 4. The highest BCUT2D eigenvalue weighted by Gasteiger charge is 2.28. The molecule has 2 aromatic heterocycles. The fraction of sp³-hybridized carbons (Fsp3) is 0.364. The molecule has 0 bridgehead atoms. The van der Waals surface area contributed by atoms with E-state index in [4.69, 9.17) is 11.6 Å². The van der Waals surface area contributed by atoms with Gasteiger partial charge < -0.3 is 4.90 Å². The Bertz CT molecular complexity index is 590. The topological polar surface area (TPSA) is 50.5 Å². The van der Waals surface area contributed by atoms with E-state index in [1.807, 2.05) is 7.05 Å². The maximum Gasteiger partial charge on any atom is 0.169 e. The summed E-state index contributed by atoms with van der Waals surface area (Å²) in [4.78, 5) is 17.1. The van der Waals surface area contributed by atoms with Crippen LogP contribution in [0.15, 0.2) is 12.3 Å². The number of aldehydes is 1. The van der Waals surface area contributed by atoms with Gasteiger partial charge in [0.15, 0.2) is 11.9 Å². The van der Waals surface area contributed by atoms with Crippen LogP contribution >= 0.6 is 11.6 Å². The lowest BCUT2D eigenvalue weighted by molar-refractivity contribution is 0.112. The first kappa shape index (κ1) is 10.5. The van der Waals surface area contributed by atoms with Gasteiger partial charge in [-0.1, -0.05) is 11.6 Å². The summed E-state index contributed by atoms with van der Waals surface area (Å²) in [5, 5.41) is 4.56. The number of hydrogen-bond donors (Lipinski definition) is 0. The van der Waals surface area contributed by atoms with Crippen LogP contribution < -0.4 is 4.90 Å². The SMILES string of the molecule is CN(c1cc(Cl)nc2c(C=O)cnn12)C1CC1. The molecule has 0 atom stereocenters. The van der Waals surface area contributed by atoms with E-state index in [0.717, 1.165) is 12.1 Å². The van der Waals surface area contributed by atoms with Crippen molar-refractivity contribution in [1.29, 1.82) is 0 Å². The third-order valence-electron chi connectivity index (χ3n) is 3.03. The Morgan fingerprint density at radius 2 is 2.35 bits per heavy atom. The molecule has 1 aliphatic rings. The van der Waals surface area contributed by atoms with E-state index in [1.165, 1.54) is 19.0 Å². The van der Waals surface area contributed by atoms with Crippen LogP contribution in [-0.4, -0.2) is 34.0 Å².